The van der Waals surface area contributed by atoms with E-state index < -0.39 is 0 Å². The second-order valence-corrected chi connectivity index (χ2v) is 5.50. The number of nitrogens with one attached hydrogen (secondary N) is 2. The lowest BCUT2D eigenvalue weighted by Crippen LogP contribution is -2.05. The Morgan fingerprint density at radius 3 is 2.91 bits per heavy atom. The van der Waals surface area contributed by atoms with Crippen molar-refractivity contribution in [3.63, 3.8) is 0 Å². The first-order chi connectivity index (χ1) is 11.1. The largest absolute Gasteiger partial charge is 0.492 e. The van der Waals surface area contributed by atoms with E-state index in [1.165, 1.54) is 6.92 Å². The Hall–Kier alpha value is -2.53. The van der Waals surface area contributed by atoms with Gasteiger partial charge in [-0.1, -0.05) is 23.7 Å². The van der Waals surface area contributed by atoms with Crippen LogP contribution in [0.3, 0.4) is 0 Å². The average Bonchev–Trinajstić information content (AvgIpc) is 2.90. The third kappa shape index (κ3) is 3.14. The number of fused-ring (bicyclic) bond motifs is 1. The van der Waals surface area contributed by atoms with Gasteiger partial charge in [0.2, 0.25) is 5.91 Å². The molecule has 0 bridgehead atoms. The molecule has 0 spiro atoms. The van der Waals surface area contributed by atoms with Crippen molar-refractivity contribution in [3.05, 3.63) is 41.4 Å². The van der Waals surface area contributed by atoms with Crippen molar-refractivity contribution < 1.29 is 9.53 Å². The summed E-state index contributed by atoms with van der Waals surface area (Å²) in [5, 5.41) is 11.6. The van der Waals surface area contributed by atoms with Crippen molar-refractivity contribution >= 4 is 34.1 Å². The molecule has 118 valence electrons. The van der Waals surface area contributed by atoms with Gasteiger partial charge in [-0.2, -0.15) is 5.10 Å². The summed E-state index contributed by atoms with van der Waals surface area (Å²) < 4.78 is 5.55. The lowest BCUT2D eigenvalue weighted by molar-refractivity contribution is -0.114. The number of anilines is 1. The number of amides is 1. The Bertz CT molecular complexity index is 873. The fourth-order valence-electron chi connectivity index (χ4n) is 2.45. The van der Waals surface area contributed by atoms with E-state index in [9.17, 15) is 4.79 Å². The molecule has 1 amide bonds. The van der Waals surface area contributed by atoms with Gasteiger partial charge < -0.3 is 10.1 Å². The van der Waals surface area contributed by atoms with E-state index in [4.69, 9.17) is 16.3 Å². The molecule has 23 heavy (non-hydrogen) atoms. The molecule has 0 radical (unpaired) electrons. The Morgan fingerprint density at radius 2 is 2.17 bits per heavy atom. The quantitative estimate of drug-likeness (QED) is 0.752. The maximum absolute atomic E-state index is 11.2. The van der Waals surface area contributed by atoms with Crippen molar-refractivity contribution in [1.82, 2.24) is 10.2 Å². The molecule has 0 atom stereocenters. The number of benzene rings is 2. The zero-order valence-corrected chi connectivity index (χ0v) is 13.6. The highest BCUT2D eigenvalue weighted by atomic mass is 35.5. The average molecular weight is 330 g/mol. The number of carbonyl (C=O) groups is 1. The second kappa shape index (κ2) is 6.30. The van der Waals surface area contributed by atoms with Gasteiger partial charge in [-0.15, -0.1) is 0 Å². The van der Waals surface area contributed by atoms with Crippen LogP contribution in [-0.2, 0) is 4.79 Å². The summed E-state index contributed by atoms with van der Waals surface area (Å²) in [7, 11) is 0. The summed E-state index contributed by atoms with van der Waals surface area (Å²) in [5.41, 5.74) is 3.24. The van der Waals surface area contributed by atoms with Crippen LogP contribution >= 0.6 is 11.6 Å². The predicted octanol–water partition coefficient (Wildman–Crippen LogP) is 4.24. The Balaban J connectivity index is 2.09. The number of rotatable bonds is 4. The summed E-state index contributed by atoms with van der Waals surface area (Å²) in [6.45, 7) is 3.93. The lowest BCUT2D eigenvalue weighted by atomic mass is 10.1. The third-order valence-corrected chi connectivity index (χ3v) is 3.67. The maximum atomic E-state index is 11.2. The van der Waals surface area contributed by atoms with Crippen LogP contribution in [0.4, 0.5) is 5.69 Å². The van der Waals surface area contributed by atoms with E-state index in [-0.39, 0.29) is 5.91 Å². The van der Waals surface area contributed by atoms with Gasteiger partial charge in [0.15, 0.2) is 0 Å². The first kappa shape index (κ1) is 15.4. The normalized spacial score (nSPS) is 10.7. The molecule has 0 aliphatic heterocycles. The summed E-state index contributed by atoms with van der Waals surface area (Å²) in [6.07, 6.45) is 0. The first-order valence-corrected chi connectivity index (χ1v) is 7.64. The highest BCUT2D eigenvalue weighted by molar-refractivity contribution is 6.33. The molecule has 0 aliphatic rings. The van der Waals surface area contributed by atoms with Gasteiger partial charge >= 0.3 is 0 Å². The minimum absolute atomic E-state index is 0.112. The van der Waals surface area contributed by atoms with Crippen LogP contribution in [0.25, 0.3) is 22.2 Å². The van der Waals surface area contributed by atoms with Crippen molar-refractivity contribution in [2.24, 2.45) is 0 Å². The summed E-state index contributed by atoms with van der Waals surface area (Å²) in [4.78, 5) is 11.2. The molecule has 5 nitrogen and oxygen atoms in total. The van der Waals surface area contributed by atoms with E-state index in [1.807, 2.05) is 37.3 Å². The van der Waals surface area contributed by atoms with Crippen LogP contribution in [0.5, 0.6) is 5.75 Å². The van der Waals surface area contributed by atoms with Crippen LogP contribution < -0.4 is 10.1 Å². The Morgan fingerprint density at radius 1 is 1.35 bits per heavy atom. The third-order valence-electron chi connectivity index (χ3n) is 3.37. The van der Waals surface area contributed by atoms with Crippen molar-refractivity contribution in [2.75, 3.05) is 11.9 Å². The second-order valence-electron chi connectivity index (χ2n) is 5.10. The van der Waals surface area contributed by atoms with Crippen LogP contribution in [-0.4, -0.2) is 22.7 Å². The van der Waals surface area contributed by atoms with Gasteiger partial charge in [0.05, 0.1) is 17.1 Å². The molecule has 1 heterocycles. The van der Waals surface area contributed by atoms with E-state index >= 15 is 0 Å². The molecule has 0 fully saturated rings. The number of ether oxygens (including phenoxy) is 1. The SMILES string of the molecule is CCOc1cc2c(-c3cccc(NC(C)=O)c3)n[nH]c2cc1Cl. The van der Waals surface area contributed by atoms with Crippen LogP contribution in [0, 0.1) is 0 Å². The fourth-order valence-corrected chi connectivity index (χ4v) is 2.67. The molecule has 2 aromatic carbocycles. The number of carbonyl (C=O) groups excluding carboxylic acids is 1. The van der Waals surface area contributed by atoms with Gasteiger partial charge in [-0.05, 0) is 31.2 Å². The van der Waals surface area contributed by atoms with E-state index in [2.05, 4.69) is 15.5 Å². The van der Waals surface area contributed by atoms with Crippen LogP contribution in [0.2, 0.25) is 5.02 Å². The molecule has 0 aliphatic carbocycles. The summed E-state index contributed by atoms with van der Waals surface area (Å²) in [6, 6.07) is 11.2. The molecule has 0 saturated carbocycles. The number of aromatic nitrogens is 2. The molecule has 6 heteroatoms. The zero-order chi connectivity index (χ0) is 16.4. The van der Waals surface area contributed by atoms with Crippen LogP contribution in [0.1, 0.15) is 13.8 Å². The maximum Gasteiger partial charge on any atom is 0.221 e. The number of halogens is 1. The number of nitrogens with zero attached hydrogens (tertiary/aromatic N) is 1. The zero-order valence-electron chi connectivity index (χ0n) is 12.8. The molecule has 3 aromatic rings. The number of H-pyrrole nitrogens is 1. The fraction of sp³-hybridized carbons (Fsp3) is 0.176. The highest BCUT2D eigenvalue weighted by Gasteiger charge is 2.12. The molecule has 0 unspecified atom stereocenters. The first-order valence-electron chi connectivity index (χ1n) is 7.27. The van der Waals surface area contributed by atoms with E-state index in [0.717, 1.165) is 27.8 Å². The summed E-state index contributed by atoms with van der Waals surface area (Å²) >= 11 is 6.20. The summed E-state index contributed by atoms with van der Waals surface area (Å²) in [5.74, 6) is 0.516. The smallest absolute Gasteiger partial charge is 0.221 e. The van der Waals surface area contributed by atoms with Crippen LogP contribution in [0.15, 0.2) is 36.4 Å². The topological polar surface area (TPSA) is 67.0 Å². The molecular weight excluding hydrogens is 314 g/mol. The number of aromatic amines is 1. The predicted molar refractivity (Wildman–Crippen MR) is 92.0 cm³/mol. The molecule has 1 aromatic heterocycles. The molecule has 2 N–H and O–H groups in total. The monoisotopic (exact) mass is 329 g/mol. The van der Waals surface area contributed by atoms with Gasteiger partial charge in [-0.3, -0.25) is 9.89 Å². The number of hydrogen-bond acceptors (Lipinski definition) is 3. The Labute approximate surface area is 138 Å². The van der Waals surface area contributed by atoms with Gasteiger partial charge in [0, 0.05) is 23.6 Å². The number of hydrogen-bond donors (Lipinski definition) is 2. The Kier molecular flexibility index (Phi) is 4.21. The minimum atomic E-state index is -0.112. The van der Waals surface area contributed by atoms with E-state index in [0.29, 0.717) is 17.4 Å². The van der Waals surface area contributed by atoms with Crippen molar-refractivity contribution in [3.8, 4) is 17.0 Å². The highest BCUT2D eigenvalue weighted by Crippen LogP contribution is 2.34. The minimum Gasteiger partial charge on any atom is -0.492 e. The lowest BCUT2D eigenvalue weighted by Gasteiger charge is -2.07. The van der Waals surface area contributed by atoms with E-state index in [1.54, 1.807) is 6.07 Å². The van der Waals surface area contributed by atoms with Gasteiger partial charge in [0.1, 0.15) is 11.4 Å². The molecular formula is C17H16ClN3O2. The van der Waals surface area contributed by atoms with Gasteiger partial charge in [0.25, 0.3) is 0 Å². The van der Waals surface area contributed by atoms with Crippen molar-refractivity contribution in [2.45, 2.75) is 13.8 Å². The molecule has 0 saturated heterocycles. The molecule has 3 rings (SSSR count). The standard InChI is InChI=1S/C17H16ClN3O2/c1-3-23-16-8-13-15(9-14(16)18)20-21-17(13)11-5-4-6-12(7-11)19-10(2)22/h4-9H,3H2,1-2H3,(H,19,22)(H,20,21). The van der Waals surface area contributed by atoms with Crippen molar-refractivity contribution in [1.29, 1.82) is 0 Å². The van der Waals surface area contributed by atoms with Gasteiger partial charge in [-0.25, -0.2) is 0 Å².